The molecule has 0 aliphatic carbocycles. The lowest BCUT2D eigenvalue weighted by atomic mass is 10.1. The van der Waals surface area contributed by atoms with Crippen LogP contribution in [-0.4, -0.2) is 28.0 Å². The van der Waals surface area contributed by atoms with E-state index in [4.69, 9.17) is 11.6 Å². The number of nitrogens with zero attached hydrogens (tertiary/aromatic N) is 2. The summed E-state index contributed by atoms with van der Waals surface area (Å²) in [4.78, 5) is 22.2. The van der Waals surface area contributed by atoms with E-state index >= 15 is 0 Å². The van der Waals surface area contributed by atoms with Crippen molar-refractivity contribution in [1.29, 1.82) is 0 Å². The summed E-state index contributed by atoms with van der Waals surface area (Å²) in [5, 5.41) is 2.67. The zero-order chi connectivity index (χ0) is 18.5. The molecular weight excluding hydrogens is 366 g/mol. The minimum atomic E-state index is -0.0406. The molecule has 26 heavy (non-hydrogen) atoms. The highest BCUT2D eigenvalue weighted by atomic mass is 35.5. The number of halogens is 1. The summed E-state index contributed by atoms with van der Waals surface area (Å²) in [6.07, 6.45) is 2.07. The number of H-pyrrole nitrogens is 1. The van der Waals surface area contributed by atoms with Crippen LogP contribution in [0, 0.1) is 5.92 Å². The van der Waals surface area contributed by atoms with Crippen LogP contribution in [0.3, 0.4) is 0 Å². The van der Waals surface area contributed by atoms with Gasteiger partial charge in [0.1, 0.15) is 10.5 Å². The molecular formula is C20H24ClN3OS. The largest absolute Gasteiger partial charge is 0.308 e. The fourth-order valence-electron chi connectivity index (χ4n) is 2.95. The first kappa shape index (κ1) is 19.1. The van der Waals surface area contributed by atoms with E-state index in [1.54, 1.807) is 0 Å². The molecule has 6 heteroatoms. The monoisotopic (exact) mass is 389 g/mol. The number of aromatic amines is 1. The van der Waals surface area contributed by atoms with Crippen LogP contribution in [-0.2, 0) is 13.0 Å². The van der Waals surface area contributed by atoms with Crippen molar-refractivity contribution in [3.05, 3.63) is 62.5 Å². The van der Waals surface area contributed by atoms with Crippen molar-refractivity contribution in [3.8, 4) is 0 Å². The summed E-state index contributed by atoms with van der Waals surface area (Å²) in [7, 11) is 0. The lowest BCUT2D eigenvalue weighted by Crippen LogP contribution is -2.31. The fraction of sp³-hybridized carbons (Fsp3) is 0.400. The van der Waals surface area contributed by atoms with E-state index in [-0.39, 0.29) is 5.56 Å². The second kappa shape index (κ2) is 8.80. The van der Waals surface area contributed by atoms with Crippen LogP contribution in [0.4, 0.5) is 0 Å². The average molecular weight is 390 g/mol. The zero-order valence-corrected chi connectivity index (χ0v) is 16.7. The smallest absolute Gasteiger partial charge is 0.268 e. The molecule has 4 nitrogen and oxygen atoms in total. The van der Waals surface area contributed by atoms with Crippen LogP contribution in [0.5, 0.6) is 0 Å². The molecule has 138 valence electrons. The van der Waals surface area contributed by atoms with Gasteiger partial charge < -0.3 is 4.98 Å². The first-order chi connectivity index (χ1) is 12.5. The summed E-state index contributed by atoms with van der Waals surface area (Å²) in [6, 6.07) is 9.91. The highest BCUT2D eigenvalue weighted by Crippen LogP contribution is 2.16. The average Bonchev–Trinajstić information content (AvgIpc) is 3.10. The van der Waals surface area contributed by atoms with E-state index in [0.29, 0.717) is 17.2 Å². The summed E-state index contributed by atoms with van der Waals surface area (Å²) in [6.45, 7) is 7.01. The van der Waals surface area contributed by atoms with Crippen molar-refractivity contribution in [2.75, 3.05) is 13.1 Å². The van der Waals surface area contributed by atoms with E-state index in [1.165, 1.54) is 16.9 Å². The molecule has 0 saturated heterocycles. The Morgan fingerprint density at radius 1 is 1.27 bits per heavy atom. The van der Waals surface area contributed by atoms with Crippen molar-refractivity contribution >= 4 is 33.2 Å². The Morgan fingerprint density at radius 2 is 2.04 bits per heavy atom. The van der Waals surface area contributed by atoms with E-state index in [9.17, 15) is 4.79 Å². The van der Waals surface area contributed by atoms with Gasteiger partial charge in [-0.2, -0.15) is 0 Å². The van der Waals surface area contributed by atoms with Crippen LogP contribution >= 0.6 is 22.9 Å². The van der Waals surface area contributed by atoms with Gasteiger partial charge in [-0.15, -0.1) is 11.3 Å². The predicted octanol–water partition coefficient (Wildman–Crippen LogP) is 4.73. The summed E-state index contributed by atoms with van der Waals surface area (Å²) < 4.78 is 0.698. The lowest BCUT2D eigenvalue weighted by molar-refractivity contribution is 0.224. The predicted molar refractivity (Wildman–Crippen MR) is 110 cm³/mol. The summed E-state index contributed by atoms with van der Waals surface area (Å²) >= 11 is 7.40. The SMILES string of the molecule is CCC(C)CN(CCc1ccc(Cl)cc1)Cc1nc2ccsc2c(=O)[nH]1. The maximum Gasteiger partial charge on any atom is 0.268 e. The summed E-state index contributed by atoms with van der Waals surface area (Å²) in [5.74, 6) is 1.33. The zero-order valence-electron chi connectivity index (χ0n) is 15.2. The lowest BCUT2D eigenvalue weighted by Gasteiger charge is -2.25. The molecule has 2 heterocycles. The van der Waals surface area contributed by atoms with Gasteiger partial charge in [0.15, 0.2) is 0 Å². The van der Waals surface area contributed by atoms with Gasteiger partial charge in [-0.1, -0.05) is 44.0 Å². The molecule has 3 aromatic rings. The number of rotatable bonds is 8. The van der Waals surface area contributed by atoms with Crippen LogP contribution in [0.2, 0.25) is 5.02 Å². The number of benzene rings is 1. The molecule has 3 rings (SSSR count). The van der Waals surface area contributed by atoms with Crippen molar-refractivity contribution < 1.29 is 0 Å². The third-order valence-corrected chi connectivity index (χ3v) is 5.79. The first-order valence-electron chi connectivity index (χ1n) is 8.98. The Labute approximate surface area is 162 Å². The van der Waals surface area contributed by atoms with E-state index in [0.717, 1.165) is 42.3 Å². The molecule has 1 atom stereocenters. The maximum absolute atomic E-state index is 12.2. The van der Waals surface area contributed by atoms with E-state index in [2.05, 4.69) is 40.8 Å². The van der Waals surface area contributed by atoms with Gasteiger partial charge in [-0.3, -0.25) is 9.69 Å². The molecule has 0 saturated carbocycles. The topological polar surface area (TPSA) is 49.0 Å². The number of hydrogen-bond acceptors (Lipinski definition) is 4. The fourth-order valence-corrected chi connectivity index (χ4v) is 3.80. The Morgan fingerprint density at radius 3 is 2.77 bits per heavy atom. The Hall–Kier alpha value is -1.69. The molecule has 0 bridgehead atoms. The van der Waals surface area contributed by atoms with E-state index in [1.807, 2.05) is 23.6 Å². The van der Waals surface area contributed by atoms with Crippen molar-refractivity contribution in [2.24, 2.45) is 5.92 Å². The second-order valence-corrected chi connectivity index (χ2v) is 8.13. The molecule has 2 aromatic heterocycles. The molecule has 1 unspecified atom stereocenters. The molecule has 0 fully saturated rings. The highest BCUT2D eigenvalue weighted by molar-refractivity contribution is 7.17. The first-order valence-corrected chi connectivity index (χ1v) is 10.2. The number of aromatic nitrogens is 2. The standard InChI is InChI=1S/C20H24ClN3OS/c1-3-14(2)12-24(10-8-15-4-6-16(21)7-5-15)13-18-22-17-9-11-26-19(17)20(25)23-18/h4-7,9,11,14H,3,8,10,12-13H2,1-2H3,(H,22,23,25). The Bertz CT molecular complexity index is 903. The number of fused-ring (bicyclic) bond motifs is 1. The maximum atomic E-state index is 12.2. The van der Waals surface area contributed by atoms with Crippen molar-refractivity contribution in [2.45, 2.75) is 33.2 Å². The van der Waals surface area contributed by atoms with Crippen LogP contribution < -0.4 is 5.56 Å². The third-order valence-electron chi connectivity index (χ3n) is 4.63. The van der Waals surface area contributed by atoms with Gasteiger partial charge in [0, 0.05) is 18.1 Å². The van der Waals surface area contributed by atoms with Gasteiger partial charge in [-0.05, 0) is 41.5 Å². The minimum Gasteiger partial charge on any atom is -0.308 e. The van der Waals surface area contributed by atoms with Crippen LogP contribution in [0.1, 0.15) is 31.7 Å². The Balaban J connectivity index is 1.73. The highest BCUT2D eigenvalue weighted by Gasteiger charge is 2.13. The van der Waals surface area contributed by atoms with Crippen molar-refractivity contribution in [3.63, 3.8) is 0 Å². The van der Waals surface area contributed by atoms with Gasteiger partial charge >= 0.3 is 0 Å². The molecule has 1 N–H and O–H groups in total. The second-order valence-electron chi connectivity index (χ2n) is 6.77. The van der Waals surface area contributed by atoms with Crippen molar-refractivity contribution in [1.82, 2.24) is 14.9 Å². The number of hydrogen-bond donors (Lipinski definition) is 1. The molecule has 0 aliphatic rings. The van der Waals surface area contributed by atoms with Crippen LogP contribution in [0.25, 0.3) is 10.2 Å². The molecule has 0 amide bonds. The van der Waals surface area contributed by atoms with Crippen LogP contribution in [0.15, 0.2) is 40.5 Å². The Kier molecular flexibility index (Phi) is 6.46. The third kappa shape index (κ3) is 4.93. The van der Waals surface area contributed by atoms with Gasteiger partial charge in [-0.25, -0.2) is 4.98 Å². The normalized spacial score (nSPS) is 12.8. The molecule has 1 aromatic carbocycles. The number of thiophene rings is 1. The minimum absolute atomic E-state index is 0.0406. The molecule has 0 aliphatic heterocycles. The quantitative estimate of drug-likeness (QED) is 0.605. The van der Waals surface area contributed by atoms with Gasteiger partial charge in [0.05, 0.1) is 12.1 Å². The molecule has 0 radical (unpaired) electrons. The van der Waals surface area contributed by atoms with Gasteiger partial charge in [0.25, 0.3) is 5.56 Å². The van der Waals surface area contributed by atoms with E-state index < -0.39 is 0 Å². The molecule has 0 spiro atoms. The van der Waals surface area contributed by atoms with Gasteiger partial charge in [0.2, 0.25) is 0 Å². The summed E-state index contributed by atoms with van der Waals surface area (Å²) in [5.41, 5.74) is 2.01. The number of nitrogens with one attached hydrogen (secondary N) is 1.